The molecule has 2 rings (SSSR count). The van der Waals surface area contributed by atoms with E-state index in [9.17, 15) is 23.2 Å². The minimum absolute atomic E-state index is 0.0866. The molecule has 2 heterocycles. The Bertz CT molecular complexity index is 587. The zero-order chi connectivity index (χ0) is 16.3. The molecule has 1 fully saturated rings. The molecule has 22 heavy (non-hydrogen) atoms. The van der Waals surface area contributed by atoms with Crippen LogP contribution in [-0.4, -0.2) is 48.7 Å². The smallest absolute Gasteiger partial charge is 0.348 e. The van der Waals surface area contributed by atoms with Crippen LogP contribution in [0, 0.1) is 0 Å². The lowest BCUT2D eigenvalue weighted by Gasteiger charge is -2.19. The quantitative estimate of drug-likeness (QED) is 0.590. The summed E-state index contributed by atoms with van der Waals surface area (Å²) in [4.78, 5) is 36.0. The second kappa shape index (κ2) is 6.51. The summed E-state index contributed by atoms with van der Waals surface area (Å²) in [6.07, 6.45) is 0.607. The van der Waals surface area contributed by atoms with Gasteiger partial charge in [0.15, 0.2) is 0 Å². The van der Waals surface area contributed by atoms with E-state index in [2.05, 4.69) is 4.74 Å². The monoisotopic (exact) mass is 331 g/mol. The first-order chi connectivity index (χ1) is 10.4. The number of carbonyl (C=O) groups excluding carboxylic acids is 3. The van der Waals surface area contributed by atoms with Gasteiger partial charge in [0.05, 0.1) is 13.2 Å². The predicted molar refractivity (Wildman–Crippen MR) is 75.1 cm³/mol. The number of likely N-dealkylation sites (tertiary alicyclic amines) is 1. The number of nitrogens with zero attached hydrogens (tertiary/aromatic N) is 1. The summed E-state index contributed by atoms with van der Waals surface area (Å²) in [5.74, 6) is -5.16. The van der Waals surface area contributed by atoms with Gasteiger partial charge in [-0.25, -0.2) is 4.79 Å². The van der Waals surface area contributed by atoms with E-state index in [1.165, 1.54) is 18.4 Å². The molecule has 1 aliphatic rings. The number of amides is 1. The minimum atomic E-state index is -3.45. The van der Waals surface area contributed by atoms with Crippen molar-refractivity contribution in [2.75, 3.05) is 13.7 Å². The van der Waals surface area contributed by atoms with Gasteiger partial charge in [0.25, 0.3) is 5.91 Å². The number of aryl methyl sites for hydroxylation is 1. The third kappa shape index (κ3) is 3.32. The van der Waals surface area contributed by atoms with Gasteiger partial charge in [-0.3, -0.25) is 4.79 Å². The van der Waals surface area contributed by atoms with Crippen molar-refractivity contribution in [2.24, 2.45) is 0 Å². The summed E-state index contributed by atoms with van der Waals surface area (Å²) in [7, 11) is 1.29. The normalized spacial score (nSPS) is 20.2. The highest BCUT2D eigenvalue weighted by Crippen LogP contribution is 2.32. The molecule has 1 aromatic heterocycles. The largest absolute Gasteiger partial charge is 0.465 e. The molecule has 0 radical (unpaired) electrons. The summed E-state index contributed by atoms with van der Waals surface area (Å²) in [5.41, 5.74) is 0. The van der Waals surface area contributed by atoms with Crippen LogP contribution in [-0.2, 0) is 20.7 Å². The Labute approximate surface area is 129 Å². The van der Waals surface area contributed by atoms with Gasteiger partial charge in [0, 0.05) is 17.8 Å². The Hall–Kier alpha value is -1.83. The maximum atomic E-state index is 13.3. The van der Waals surface area contributed by atoms with Crippen LogP contribution in [0.1, 0.15) is 27.4 Å². The van der Waals surface area contributed by atoms with Crippen molar-refractivity contribution >= 4 is 29.5 Å². The number of carbonyl (C=O) groups is 3. The number of ether oxygens (including phenoxy) is 1. The van der Waals surface area contributed by atoms with E-state index >= 15 is 0 Å². The van der Waals surface area contributed by atoms with Crippen LogP contribution in [0.4, 0.5) is 8.78 Å². The molecular weight excluding hydrogens is 316 g/mol. The zero-order valence-electron chi connectivity index (χ0n) is 11.9. The first-order valence-corrected chi connectivity index (χ1v) is 7.52. The van der Waals surface area contributed by atoms with Gasteiger partial charge in [-0.05, 0) is 25.0 Å². The molecule has 1 saturated heterocycles. The number of thiophene rings is 1. The molecule has 0 saturated carbocycles. The van der Waals surface area contributed by atoms with Crippen molar-refractivity contribution in [3.63, 3.8) is 0 Å². The molecule has 0 bridgehead atoms. The van der Waals surface area contributed by atoms with Crippen molar-refractivity contribution in [2.45, 2.75) is 31.2 Å². The Morgan fingerprint density at radius 2 is 2.27 bits per heavy atom. The van der Waals surface area contributed by atoms with E-state index in [4.69, 9.17) is 0 Å². The minimum Gasteiger partial charge on any atom is -0.465 e. The lowest BCUT2D eigenvalue weighted by atomic mass is 10.2. The fourth-order valence-corrected chi connectivity index (χ4v) is 3.32. The SMILES string of the molecule is COC(=O)c1ccc(CCCN2C(=O)C(F)(F)C[C@@H]2C=O)s1. The first-order valence-electron chi connectivity index (χ1n) is 6.70. The standard InChI is InChI=1S/C14H15F2NO4S/c1-21-12(19)11-5-4-10(22-11)3-2-6-17-9(8-18)7-14(15,16)13(17)20/h4-5,8-9H,2-3,6-7H2,1H3/t9-/m1/s1. The third-order valence-corrected chi connectivity index (χ3v) is 4.59. The van der Waals surface area contributed by atoms with Crippen LogP contribution in [0.5, 0.6) is 0 Å². The average Bonchev–Trinajstić information content (AvgIpc) is 3.04. The van der Waals surface area contributed by atoms with Gasteiger partial charge in [-0.15, -0.1) is 11.3 Å². The third-order valence-electron chi connectivity index (χ3n) is 3.47. The van der Waals surface area contributed by atoms with Crippen LogP contribution >= 0.6 is 11.3 Å². The summed E-state index contributed by atoms with van der Waals surface area (Å²) in [6.45, 7) is 0.0866. The van der Waals surface area contributed by atoms with Crippen molar-refractivity contribution in [1.29, 1.82) is 0 Å². The van der Waals surface area contributed by atoms with Crippen LogP contribution in [0.3, 0.4) is 0 Å². The van der Waals surface area contributed by atoms with E-state index in [1.807, 2.05) is 0 Å². The highest BCUT2D eigenvalue weighted by atomic mass is 32.1. The first kappa shape index (κ1) is 16.5. The summed E-state index contributed by atoms with van der Waals surface area (Å²) in [6, 6.07) is 2.33. The van der Waals surface area contributed by atoms with Crippen molar-refractivity contribution in [1.82, 2.24) is 4.90 Å². The van der Waals surface area contributed by atoms with Crippen molar-refractivity contribution in [3.8, 4) is 0 Å². The molecule has 8 heteroatoms. The van der Waals surface area contributed by atoms with Crippen LogP contribution in [0.2, 0.25) is 0 Å². The molecule has 0 aromatic carbocycles. The van der Waals surface area contributed by atoms with Gasteiger partial charge >= 0.3 is 11.9 Å². The van der Waals surface area contributed by atoms with Gasteiger partial charge in [0.1, 0.15) is 11.2 Å². The van der Waals surface area contributed by atoms with Crippen LogP contribution in [0.15, 0.2) is 12.1 Å². The highest BCUT2D eigenvalue weighted by molar-refractivity contribution is 7.13. The van der Waals surface area contributed by atoms with Crippen LogP contribution in [0.25, 0.3) is 0 Å². The number of rotatable bonds is 6. The number of esters is 1. The molecule has 0 spiro atoms. The second-order valence-corrected chi connectivity index (χ2v) is 6.14. The van der Waals surface area contributed by atoms with E-state index in [-0.39, 0.29) is 6.54 Å². The molecule has 0 aliphatic carbocycles. The molecule has 120 valence electrons. The van der Waals surface area contributed by atoms with Crippen molar-refractivity contribution in [3.05, 3.63) is 21.9 Å². The molecule has 1 amide bonds. The number of alkyl halides is 2. The van der Waals surface area contributed by atoms with Gasteiger partial charge in [0.2, 0.25) is 0 Å². The lowest BCUT2D eigenvalue weighted by molar-refractivity contribution is -0.148. The number of methoxy groups -OCH3 is 1. The van der Waals surface area contributed by atoms with E-state index in [0.717, 1.165) is 9.78 Å². The maximum absolute atomic E-state index is 13.3. The van der Waals surface area contributed by atoms with E-state index in [0.29, 0.717) is 24.0 Å². The second-order valence-electron chi connectivity index (χ2n) is 4.97. The average molecular weight is 331 g/mol. The maximum Gasteiger partial charge on any atom is 0.348 e. The summed E-state index contributed by atoms with van der Waals surface area (Å²) in [5, 5.41) is 0. The Kier molecular flexibility index (Phi) is 4.90. The Morgan fingerprint density at radius 1 is 1.55 bits per heavy atom. The predicted octanol–water partition coefficient (Wildman–Crippen LogP) is 1.90. The molecule has 5 nitrogen and oxygen atoms in total. The number of hydrogen-bond donors (Lipinski definition) is 0. The fourth-order valence-electron chi connectivity index (χ4n) is 2.36. The summed E-state index contributed by atoms with van der Waals surface area (Å²) < 4.78 is 31.2. The number of hydrogen-bond acceptors (Lipinski definition) is 5. The Morgan fingerprint density at radius 3 is 2.91 bits per heavy atom. The highest BCUT2D eigenvalue weighted by Gasteiger charge is 2.53. The topological polar surface area (TPSA) is 63.7 Å². The van der Waals surface area contributed by atoms with E-state index < -0.39 is 30.3 Å². The van der Waals surface area contributed by atoms with Crippen LogP contribution < -0.4 is 0 Å². The Balaban J connectivity index is 1.90. The summed E-state index contributed by atoms with van der Waals surface area (Å²) >= 11 is 1.26. The lowest BCUT2D eigenvalue weighted by Crippen LogP contribution is -2.37. The van der Waals surface area contributed by atoms with Crippen molar-refractivity contribution < 1.29 is 27.9 Å². The fraction of sp³-hybridized carbons (Fsp3) is 0.500. The molecular formula is C14H15F2NO4S. The number of halogens is 2. The zero-order valence-corrected chi connectivity index (χ0v) is 12.7. The molecule has 1 aliphatic heterocycles. The molecule has 0 N–H and O–H groups in total. The molecule has 1 aromatic rings. The van der Waals surface area contributed by atoms with Gasteiger partial charge < -0.3 is 14.4 Å². The van der Waals surface area contributed by atoms with Gasteiger partial charge in [-0.1, -0.05) is 0 Å². The van der Waals surface area contributed by atoms with Gasteiger partial charge in [-0.2, -0.15) is 8.78 Å². The van der Waals surface area contributed by atoms with E-state index in [1.54, 1.807) is 12.1 Å². The molecule has 1 atom stereocenters. The number of aldehydes is 1. The molecule has 0 unspecified atom stereocenters.